The van der Waals surface area contributed by atoms with Crippen molar-refractivity contribution in [3.8, 4) is 0 Å². The fourth-order valence-electron chi connectivity index (χ4n) is 4.11. The van der Waals surface area contributed by atoms with E-state index in [0.717, 1.165) is 12.1 Å². The van der Waals surface area contributed by atoms with Gasteiger partial charge in [-0.25, -0.2) is 17.2 Å². The molecule has 0 atom stereocenters. The van der Waals surface area contributed by atoms with E-state index in [1.165, 1.54) is 16.4 Å². The van der Waals surface area contributed by atoms with Gasteiger partial charge in [-0.05, 0) is 30.3 Å². The molecule has 2 heterocycles. The third-order valence-corrected chi connectivity index (χ3v) is 8.23. The summed E-state index contributed by atoms with van der Waals surface area (Å²) in [4.78, 5) is 18.4. The molecule has 0 bridgehead atoms. The second-order valence-corrected chi connectivity index (χ2v) is 10.4. The van der Waals surface area contributed by atoms with E-state index in [-0.39, 0.29) is 54.4 Å². The van der Waals surface area contributed by atoms with E-state index in [1.54, 1.807) is 23.1 Å². The summed E-state index contributed by atoms with van der Waals surface area (Å²) in [7, 11) is -3.82. The Morgan fingerprint density at radius 3 is 2.18 bits per heavy atom. The molecule has 178 valence electrons. The van der Waals surface area contributed by atoms with Crippen molar-refractivity contribution >= 4 is 33.2 Å². The summed E-state index contributed by atoms with van der Waals surface area (Å²) in [6.07, 6.45) is 0. The van der Waals surface area contributed by atoms with E-state index in [1.807, 2.05) is 9.80 Å². The van der Waals surface area contributed by atoms with Crippen LogP contribution in [0.3, 0.4) is 0 Å². The maximum Gasteiger partial charge on any atom is 0.243 e. The zero-order chi connectivity index (χ0) is 23.6. The van der Waals surface area contributed by atoms with Gasteiger partial charge < -0.3 is 9.80 Å². The van der Waals surface area contributed by atoms with Crippen molar-refractivity contribution < 1.29 is 22.0 Å². The lowest BCUT2D eigenvalue weighted by Crippen LogP contribution is -2.54. The number of amides is 1. The Balaban J connectivity index is 1.27. The van der Waals surface area contributed by atoms with Gasteiger partial charge in [-0.1, -0.05) is 23.7 Å². The van der Waals surface area contributed by atoms with Crippen LogP contribution in [0.1, 0.15) is 0 Å². The summed E-state index contributed by atoms with van der Waals surface area (Å²) in [5, 5.41) is -0.250. The van der Waals surface area contributed by atoms with Gasteiger partial charge in [0, 0.05) is 52.4 Å². The summed E-state index contributed by atoms with van der Waals surface area (Å²) < 4.78 is 54.3. The molecule has 0 saturated carbocycles. The number of para-hydroxylation sites is 1. The second-order valence-electron chi connectivity index (χ2n) is 8.08. The average Bonchev–Trinajstić information content (AvgIpc) is 2.82. The number of carbonyl (C=O) groups excluding carboxylic acids is 1. The summed E-state index contributed by atoms with van der Waals surface area (Å²) >= 11 is 5.73. The molecule has 11 heteroatoms. The van der Waals surface area contributed by atoms with E-state index in [9.17, 15) is 22.0 Å². The molecule has 2 fully saturated rings. The van der Waals surface area contributed by atoms with Gasteiger partial charge in [0.05, 0.1) is 22.2 Å². The van der Waals surface area contributed by atoms with Crippen LogP contribution in [0.2, 0.25) is 5.02 Å². The van der Waals surface area contributed by atoms with E-state index in [0.29, 0.717) is 31.9 Å². The van der Waals surface area contributed by atoms with Crippen molar-refractivity contribution in [1.82, 2.24) is 14.1 Å². The molecule has 2 aromatic rings. The van der Waals surface area contributed by atoms with Gasteiger partial charge >= 0.3 is 0 Å². The van der Waals surface area contributed by atoms with Crippen LogP contribution in [0.25, 0.3) is 0 Å². The highest BCUT2D eigenvalue weighted by Gasteiger charge is 2.31. The molecule has 4 rings (SSSR count). The minimum absolute atomic E-state index is 0.0591. The third-order valence-electron chi connectivity index (χ3n) is 6.04. The lowest BCUT2D eigenvalue weighted by Gasteiger charge is -2.38. The predicted octanol–water partition coefficient (Wildman–Crippen LogP) is 2.27. The first kappa shape index (κ1) is 23.9. The van der Waals surface area contributed by atoms with Crippen molar-refractivity contribution in [3.63, 3.8) is 0 Å². The first-order chi connectivity index (χ1) is 15.8. The molecule has 33 heavy (non-hydrogen) atoms. The largest absolute Gasteiger partial charge is 0.367 e. The zero-order valence-electron chi connectivity index (χ0n) is 18.0. The highest BCUT2D eigenvalue weighted by atomic mass is 35.5. The van der Waals surface area contributed by atoms with Gasteiger partial charge in [-0.3, -0.25) is 9.69 Å². The van der Waals surface area contributed by atoms with Crippen LogP contribution >= 0.6 is 11.6 Å². The van der Waals surface area contributed by atoms with Crippen LogP contribution in [0, 0.1) is 11.6 Å². The Kier molecular flexibility index (Phi) is 7.18. The quantitative estimate of drug-likeness (QED) is 0.633. The molecule has 7 nitrogen and oxygen atoms in total. The topological polar surface area (TPSA) is 64.2 Å². The predicted molar refractivity (Wildman–Crippen MR) is 122 cm³/mol. The number of benzene rings is 2. The van der Waals surface area contributed by atoms with Crippen LogP contribution in [0.5, 0.6) is 0 Å². The molecule has 0 radical (unpaired) electrons. The second kappa shape index (κ2) is 9.92. The van der Waals surface area contributed by atoms with Crippen molar-refractivity contribution in [3.05, 3.63) is 59.1 Å². The number of anilines is 1. The maximum atomic E-state index is 14.0. The fraction of sp³-hybridized carbons (Fsp3) is 0.409. The van der Waals surface area contributed by atoms with E-state index >= 15 is 0 Å². The van der Waals surface area contributed by atoms with Crippen molar-refractivity contribution in [2.75, 3.05) is 63.8 Å². The minimum Gasteiger partial charge on any atom is -0.367 e. The van der Waals surface area contributed by atoms with Gasteiger partial charge in [0.1, 0.15) is 11.6 Å². The molecular formula is C22H25ClF2N4O3S. The van der Waals surface area contributed by atoms with Crippen LogP contribution in [0.4, 0.5) is 14.5 Å². The van der Waals surface area contributed by atoms with Crippen molar-refractivity contribution in [2.45, 2.75) is 4.90 Å². The first-order valence-corrected chi connectivity index (χ1v) is 12.5. The summed E-state index contributed by atoms with van der Waals surface area (Å²) in [6.45, 7) is 3.64. The number of nitrogens with zero attached hydrogens (tertiary/aromatic N) is 4. The van der Waals surface area contributed by atoms with Crippen molar-refractivity contribution in [2.24, 2.45) is 0 Å². The van der Waals surface area contributed by atoms with Gasteiger partial charge in [-0.15, -0.1) is 0 Å². The molecule has 0 spiro atoms. The van der Waals surface area contributed by atoms with Crippen LogP contribution in [0.15, 0.2) is 47.4 Å². The molecule has 1 amide bonds. The molecule has 0 N–H and O–H groups in total. The first-order valence-electron chi connectivity index (χ1n) is 10.7. The van der Waals surface area contributed by atoms with Gasteiger partial charge in [0.25, 0.3) is 0 Å². The monoisotopic (exact) mass is 498 g/mol. The number of halogens is 3. The maximum absolute atomic E-state index is 14.0. The number of hydrogen-bond donors (Lipinski definition) is 0. The van der Waals surface area contributed by atoms with Gasteiger partial charge in [0.2, 0.25) is 15.9 Å². The minimum atomic E-state index is -3.82. The highest BCUT2D eigenvalue weighted by Crippen LogP contribution is 2.24. The molecular weight excluding hydrogens is 474 g/mol. The number of hydrogen-bond acceptors (Lipinski definition) is 5. The molecule has 0 aromatic heterocycles. The van der Waals surface area contributed by atoms with Gasteiger partial charge in [0.15, 0.2) is 0 Å². The summed E-state index contributed by atoms with van der Waals surface area (Å²) in [5.41, 5.74) is 0.572. The highest BCUT2D eigenvalue weighted by molar-refractivity contribution is 7.89. The number of piperazine rings is 2. The molecule has 2 saturated heterocycles. The Labute approximate surface area is 197 Å². The Morgan fingerprint density at radius 1 is 0.879 bits per heavy atom. The zero-order valence-corrected chi connectivity index (χ0v) is 19.5. The smallest absolute Gasteiger partial charge is 0.243 e. The van der Waals surface area contributed by atoms with Crippen LogP contribution in [-0.4, -0.2) is 87.3 Å². The number of sulfonamides is 1. The summed E-state index contributed by atoms with van der Waals surface area (Å²) in [5.74, 6) is -0.991. The molecule has 2 aromatic carbocycles. The molecule has 0 unspecified atom stereocenters. The van der Waals surface area contributed by atoms with E-state index in [2.05, 4.69) is 0 Å². The van der Waals surface area contributed by atoms with Crippen LogP contribution in [-0.2, 0) is 14.8 Å². The van der Waals surface area contributed by atoms with E-state index < -0.39 is 15.8 Å². The lowest BCUT2D eigenvalue weighted by atomic mass is 10.2. The molecule has 2 aliphatic rings. The van der Waals surface area contributed by atoms with Crippen LogP contribution < -0.4 is 4.90 Å². The number of carbonyl (C=O) groups is 1. The fourth-order valence-corrected chi connectivity index (χ4v) is 5.80. The Morgan fingerprint density at radius 2 is 1.55 bits per heavy atom. The Bertz CT molecular complexity index is 1120. The summed E-state index contributed by atoms with van der Waals surface area (Å²) in [6, 6.07) is 9.98. The van der Waals surface area contributed by atoms with E-state index in [4.69, 9.17) is 11.6 Å². The Hall–Kier alpha value is -2.27. The van der Waals surface area contributed by atoms with Crippen molar-refractivity contribution in [1.29, 1.82) is 0 Å². The normalized spacial score (nSPS) is 18.5. The van der Waals surface area contributed by atoms with Gasteiger partial charge in [-0.2, -0.15) is 4.31 Å². The SMILES string of the molecule is O=C(CN1CCN(c2ccccc2F)CC1)N1CCN(S(=O)(=O)c2ccc(F)c(Cl)c2)CC1. The standard InChI is InChI=1S/C22H25ClF2N4O3S/c23-18-15-17(5-6-19(18)24)33(31,32)29-13-11-28(12-14-29)22(30)16-26-7-9-27(10-8-26)21-4-2-1-3-20(21)25/h1-6,15H,7-14,16H2. The average molecular weight is 499 g/mol. The number of rotatable bonds is 5. The molecule has 0 aliphatic carbocycles. The molecule has 2 aliphatic heterocycles. The lowest BCUT2D eigenvalue weighted by molar-refractivity contribution is -0.133. The third kappa shape index (κ3) is 5.29.